The van der Waals surface area contributed by atoms with Crippen LogP contribution in [-0.4, -0.2) is 36.7 Å². The average molecular weight is 499 g/mol. The molecule has 2 atom stereocenters. The lowest BCUT2D eigenvalue weighted by Gasteiger charge is -2.62. The lowest BCUT2D eigenvalue weighted by Crippen LogP contribution is -2.60. The Hall–Kier alpha value is -3.68. The van der Waals surface area contributed by atoms with Crippen LogP contribution in [0.4, 0.5) is 22.7 Å². The standard InChI is InChI=1S/C29H30N4O4/c34-24-15-32(22-7-3-1-5-20(22)30-24)26(36)14-28-10-18-9-19(11-28)13-29(12-18,17-28)27(37)33-16-25(35)31-21-6-2-4-8-23(21)33/h1-8,18-19H,9-17H2,(H,30,34)(H,31,35). The molecule has 0 spiro atoms. The quantitative estimate of drug-likeness (QED) is 0.670. The summed E-state index contributed by atoms with van der Waals surface area (Å²) in [5.41, 5.74) is 2.02. The Balaban J connectivity index is 1.19. The molecule has 4 amide bonds. The van der Waals surface area contributed by atoms with Gasteiger partial charge in [-0.25, -0.2) is 0 Å². The van der Waals surface area contributed by atoms with E-state index in [9.17, 15) is 19.2 Å². The highest BCUT2D eigenvalue weighted by Gasteiger charge is 2.62. The lowest BCUT2D eigenvalue weighted by molar-refractivity contribution is -0.158. The van der Waals surface area contributed by atoms with Gasteiger partial charge in [-0.3, -0.25) is 19.2 Å². The fraction of sp³-hybridized carbons (Fsp3) is 0.448. The Morgan fingerprint density at radius 1 is 0.784 bits per heavy atom. The Labute approximate surface area is 215 Å². The highest BCUT2D eigenvalue weighted by atomic mass is 16.2. The number of rotatable bonds is 3. The van der Waals surface area contributed by atoms with E-state index in [-0.39, 0.29) is 42.1 Å². The number of benzene rings is 2. The molecule has 4 saturated carbocycles. The third kappa shape index (κ3) is 3.56. The van der Waals surface area contributed by atoms with E-state index in [1.807, 2.05) is 48.5 Å². The maximum absolute atomic E-state index is 14.3. The highest BCUT2D eigenvalue weighted by molar-refractivity contribution is 6.12. The Kier molecular flexibility index (Phi) is 4.81. The first kappa shape index (κ1) is 22.5. The number of hydrogen-bond acceptors (Lipinski definition) is 4. The summed E-state index contributed by atoms with van der Waals surface area (Å²) in [7, 11) is 0. The molecule has 4 aliphatic carbocycles. The van der Waals surface area contributed by atoms with Crippen molar-refractivity contribution in [2.24, 2.45) is 22.7 Å². The topological polar surface area (TPSA) is 98.8 Å². The molecular weight excluding hydrogens is 468 g/mol. The first-order valence-electron chi connectivity index (χ1n) is 13.2. The zero-order valence-corrected chi connectivity index (χ0v) is 20.7. The van der Waals surface area contributed by atoms with Gasteiger partial charge >= 0.3 is 0 Å². The molecule has 4 bridgehead atoms. The summed E-state index contributed by atoms with van der Waals surface area (Å²) in [5.74, 6) is 0.431. The molecule has 37 heavy (non-hydrogen) atoms. The van der Waals surface area contributed by atoms with E-state index in [0.29, 0.717) is 36.1 Å². The van der Waals surface area contributed by atoms with Gasteiger partial charge in [0.15, 0.2) is 0 Å². The number of carbonyl (C=O) groups excluding carboxylic acids is 4. The zero-order chi connectivity index (χ0) is 25.4. The van der Waals surface area contributed by atoms with Crippen molar-refractivity contribution in [2.45, 2.75) is 44.9 Å². The molecular formula is C29H30N4O4. The van der Waals surface area contributed by atoms with Crippen molar-refractivity contribution in [3.05, 3.63) is 48.5 Å². The summed E-state index contributed by atoms with van der Waals surface area (Å²) in [4.78, 5) is 56.2. The largest absolute Gasteiger partial charge is 0.323 e. The number of amides is 4. The number of fused-ring (bicyclic) bond motifs is 2. The van der Waals surface area contributed by atoms with E-state index in [4.69, 9.17) is 0 Å². The van der Waals surface area contributed by atoms with Crippen molar-refractivity contribution in [1.29, 1.82) is 0 Å². The van der Waals surface area contributed by atoms with Crippen molar-refractivity contribution >= 4 is 46.4 Å². The number of para-hydroxylation sites is 4. The average Bonchev–Trinajstić information content (AvgIpc) is 2.86. The van der Waals surface area contributed by atoms with Gasteiger partial charge < -0.3 is 20.4 Å². The first-order valence-corrected chi connectivity index (χ1v) is 13.2. The van der Waals surface area contributed by atoms with E-state index in [1.165, 1.54) is 0 Å². The van der Waals surface area contributed by atoms with Gasteiger partial charge in [-0.05, 0) is 80.0 Å². The molecule has 0 radical (unpaired) electrons. The van der Waals surface area contributed by atoms with Crippen molar-refractivity contribution in [2.75, 3.05) is 33.5 Å². The van der Waals surface area contributed by atoms with E-state index in [1.54, 1.807) is 9.80 Å². The maximum atomic E-state index is 14.3. The molecule has 8 heteroatoms. The van der Waals surface area contributed by atoms with Crippen molar-refractivity contribution < 1.29 is 19.2 Å². The van der Waals surface area contributed by atoms with Gasteiger partial charge in [-0.1, -0.05) is 24.3 Å². The van der Waals surface area contributed by atoms with Gasteiger partial charge in [0.05, 0.1) is 28.2 Å². The Bertz CT molecular complexity index is 1340. The Morgan fingerprint density at radius 2 is 1.32 bits per heavy atom. The van der Waals surface area contributed by atoms with E-state index in [0.717, 1.165) is 43.5 Å². The van der Waals surface area contributed by atoms with Crippen LogP contribution in [0.1, 0.15) is 44.9 Å². The number of nitrogens with one attached hydrogen (secondary N) is 2. The summed E-state index contributed by atoms with van der Waals surface area (Å²) in [6.45, 7) is 0.0427. The number of carbonyl (C=O) groups is 4. The molecule has 2 heterocycles. The number of nitrogens with zero attached hydrogens (tertiary/aromatic N) is 2. The van der Waals surface area contributed by atoms with Gasteiger partial charge in [0.25, 0.3) is 0 Å². The molecule has 2 aliphatic heterocycles. The predicted octanol–water partition coefficient (Wildman–Crippen LogP) is 3.93. The van der Waals surface area contributed by atoms with Gasteiger partial charge in [-0.2, -0.15) is 0 Å². The van der Waals surface area contributed by atoms with Crippen LogP contribution < -0.4 is 20.4 Å². The third-order valence-corrected chi connectivity index (χ3v) is 9.25. The lowest BCUT2D eigenvalue weighted by atomic mass is 9.43. The van der Waals surface area contributed by atoms with Crippen LogP contribution in [-0.2, 0) is 19.2 Å². The summed E-state index contributed by atoms with van der Waals surface area (Å²) in [6, 6.07) is 14.9. The van der Waals surface area contributed by atoms with E-state index >= 15 is 0 Å². The fourth-order valence-electron chi connectivity index (χ4n) is 8.48. The number of anilines is 4. The van der Waals surface area contributed by atoms with Crippen LogP contribution >= 0.6 is 0 Å². The van der Waals surface area contributed by atoms with Gasteiger partial charge in [-0.15, -0.1) is 0 Å². The van der Waals surface area contributed by atoms with Crippen molar-refractivity contribution in [3.8, 4) is 0 Å². The molecule has 0 aromatic heterocycles. The molecule has 2 N–H and O–H groups in total. The first-order chi connectivity index (χ1) is 17.8. The van der Waals surface area contributed by atoms with Gasteiger partial charge in [0.2, 0.25) is 23.6 Å². The molecule has 0 saturated heterocycles. The molecule has 8 rings (SSSR count). The van der Waals surface area contributed by atoms with Crippen LogP contribution in [0, 0.1) is 22.7 Å². The van der Waals surface area contributed by atoms with Crippen LogP contribution in [0.2, 0.25) is 0 Å². The zero-order valence-electron chi connectivity index (χ0n) is 20.7. The smallest absolute Gasteiger partial charge is 0.244 e. The summed E-state index contributed by atoms with van der Waals surface area (Å²) >= 11 is 0. The van der Waals surface area contributed by atoms with Gasteiger partial charge in [0.1, 0.15) is 13.1 Å². The second kappa shape index (κ2) is 7.91. The van der Waals surface area contributed by atoms with Crippen LogP contribution in [0.3, 0.4) is 0 Å². The molecule has 4 fully saturated rings. The van der Waals surface area contributed by atoms with Crippen LogP contribution in [0.5, 0.6) is 0 Å². The van der Waals surface area contributed by atoms with E-state index < -0.39 is 5.41 Å². The second-order valence-corrected chi connectivity index (χ2v) is 11.9. The molecule has 190 valence electrons. The summed E-state index contributed by atoms with van der Waals surface area (Å²) < 4.78 is 0. The molecule has 2 aromatic carbocycles. The van der Waals surface area contributed by atoms with Crippen molar-refractivity contribution in [3.63, 3.8) is 0 Å². The van der Waals surface area contributed by atoms with Gasteiger partial charge in [0, 0.05) is 6.42 Å². The van der Waals surface area contributed by atoms with Crippen LogP contribution in [0.15, 0.2) is 48.5 Å². The third-order valence-electron chi connectivity index (χ3n) is 9.25. The molecule has 8 nitrogen and oxygen atoms in total. The molecule has 6 aliphatic rings. The highest BCUT2D eigenvalue weighted by Crippen LogP contribution is 2.67. The fourth-order valence-corrected chi connectivity index (χ4v) is 8.48. The molecule has 2 unspecified atom stereocenters. The second-order valence-electron chi connectivity index (χ2n) is 11.9. The SMILES string of the molecule is O=C1CN(C(=O)CC23CC4CC(C2)CC(C(=O)N2CC(=O)Nc5ccccc52)(C4)C3)c2ccccc2N1. The maximum Gasteiger partial charge on any atom is 0.244 e. The summed E-state index contributed by atoms with van der Waals surface area (Å²) in [6.07, 6.45) is 5.66. The minimum Gasteiger partial charge on any atom is -0.323 e. The van der Waals surface area contributed by atoms with Crippen molar-refractivity contribution in [1.82, 2.24) is 0 Å². The van der Waals surface area contributed by atoms with E-state index in [2.05, 4.69) is 10.6 Å². The predicted molar refractivity (Wildman–Crippen MR) is 139 cm³/mol. The molecule has 2 aromatic rings. The van der Waals surface area contributed by atoms with Crippen LogP contribution in [0.25, 0.3) is 0 Å². The monoisotopic (exact) mass is 498 g/mol. The normalized spacial score (nSPS) is 31.4. The Morgan fingerprint density at radius 3 is 1.95 bits per heavy atom. The minimum absolute atomic E-state index is 0.0164. The minimum atomic E-state index is -0.549. The number of hydrogen-bond donors (Lipinski definition) is 2. The summed E-state index contributed by atoms with van der Waals surface area (Å²) in [5, 5.41) is 5.74.